The topological polar surface area (TPSA) is 80.5 Å². The molecule has 1 unspecified atom stereocenters. The summed E-state index contributed by atoms with van der Waals surface area (Å²) in [5, 5.41) is 7.07. The minimum Gasteiger partial charge on any atom is -0.381 e. The maximum Gasteiger partial charge on any atom is 0.318 e. The van der Waals surface area contributed by atoms with Crippen LogP contribution in [0.4, 0.5) is 4.79 Å². The van der Waals surface area contributed by atoms with E-state index < -0.39 is 0 Å². The molecule has 1 saturated carbocycles. The zero-order valence-corrected chi connectivity index (χ0v) is 16.4. The van der Waals surface area contributed by atoms with E-state index >= 15 is 0 Å². The highest BCUT2D eigenvalue weighted by atomic mass is 16.5. The van der Waals surface area contributed by atoms with E-state index in [4.69, 9.17) is 9.26 Å². The van der Waals surface area contributed by atoms with Gasteiger partial charge in [-0.15, -0.1) is 0 Å². The number of aromatic nitrogens is 2. The normalized spacial score (nSPS) is 19.2. The largest absolute Gasteiger partial charge is 0.381 e. The molecule has 7 nitrogen and oxygen atoms in total. The molecule has 1 N–H and O–H groups in total. The first kappa shape index (κ1) is 18.9. The van der Waals surface area contributed by atoms with Crippen molar-refractivity contribution in [3.8, 4) is 0 Å². The molecule has 1 aliphatic carbocycles. The second-order valence-corrected chi connectivity index (χ2v) is 7.81. The van der Waals surface area contributed by atoms with Gasteiger partial charge in [0.05, 0.1) is 6.61 Å². The van der Waals surface area contributed by atoms with Gasteiger partial charge in [-0.2, -0.15) is 4.98 Å². The summed E-state index contributed by atoms with van der Waals surface area (Å²) in [6.45, 7) is 4.71. The minimum absolute atomic E-state index is 0.0874. The number of likely N-dealkylation sites (tertiary alicyclic amines) is 1. The fourth-order valence-corrected chi connectivity index (χ4v) is 3.45. The lowest BCUT2D eigenvalue weighted by atomic mass is 10.1. The number of benzene rings is 1. The van der Waals surface area contributed by atoms with Gasteiger partial charge >= 0.3 is 6.03 Å². The fraction of sp³-hybridized carbons (Fsp3) is 0.571. The highest BCUT2D eigenvalue weighted by molar-refractivity contribution is 5.74. The number of nitrogens with zero attached hydrogens (tertiary/aromatic N) is 3. The highest BCUT2D eigenvalue weighted by Crippen LogP contribution is 2.31. The van der Waals surface area contributed by atoms with Crippen molar-refractivity contribution in [3.05, 3.63) is 47.1 Å². The molecule has 7 heteroatoms. The maximum absolute atomic E-state index is 12.7. The molecule has 1 aromatic heterocycles. The Bertz CT molecular complexity index is 785. The van der Waals surface area contributed by atoms with Gasteiger partial charge in [0.1, 0.15) is 6.04 Å². The van der Waals surface area contributed by atoms with Crippen molar-refractivity contribution in [2.75, 3.05) is 19.8 Å². The van der Waals surface area contributed by atoms with Crippen LogP contribution in [0.5, 0.6) is 0 Å². The Morgan fingerprint density at radius 2 is 2.11 bits per heavy atom. The Balaban J connectivity index is 1.28. The van der Waals surface area contributed by atoms with Crippen LogP contribution in [-0.4, -0.2) is 40.8 Å². The lowest BCUT2D eigenvalue weighted by Crippen LogP contribution is -2.39. The molecule has 4 rings (SSSR count). The Kier molecular flexibility index (Phi) is 5.90. The third-order valence-corrected chi connectivity index (χ3v) is 5.37. The molecule has 0 bridgehead atoms. The molecule has 2 heterocycles. The lowest BCUT2D eigenvalue weighted by molar-refractivity contribution is 0.125. The first-order chi connectivity index (χ1) is 13.7. The van der Waals surface area contributed by atoms with Gasteiger partial charge in [-0.25, -0.2) is 4.79 Å². The van der Waals surface area contributed by atoms with Gasteiger partial charge in [-0.1, -0.05) is 35.0 Å². The van der Waals surface area contributed by atoms with E-state index in [2.05, 4.69) is 34.5 Å². The number of rotatable bonds is 8. The van der Waals surface area contributed by atoms with E-state index in [9.17, 15) is 4.79 Å². The van der Waals surface area contributed by atoms with E-state index in [1.807, 2.05) is 12.1 Å². The van der Waals surface area contributed by atoms with Crippen molar-refractivity contribution < 1.29 is 14.1 Å². The summed E-state index contributed by atoms with van der Waals surface area (Å²) in [7, 11) is 0. The smallest absolute Gasteiger partial charge is 0.318 e. The Labute approximate surface area is 165 Å². The lowest BCUT2D eigenvalue weighted by Gasteiger charge is -2.22. The van der Waals surface area contributed by atoms with Crippen LogP contribution in [0.15, 0.2) is 28.8 Å². The number of ether oxygens (including phenoxy) is 1. The summed E-state index contributed by atoms with van der Waals surface area (Å²) in [6.07, 6.45) is 5.00. The van der Waals surface area contributed by atoms with E-state index in [1.165, 1.54) is 18.4 Å². The minimum atomic E-state index is -0.147. The van der Waals surface area contributed by atoms with Crippen molar-refractivity contribution in [3.63, 3.8) is 0 Å². The fourth-order valence-electron chi connectivity index (χ4n) is 3.45. The van der Waals surface area contributed by atoms with Gasteiger partial charge in [0.2, 0.25) is 5.89 Å². The van der Waals surface area contributed by atoms with Crippen LogP contribution < -0.4 is 5.32 Å². The molecule has 2 amide bonds. The third-order valence-electron chi connectivity index (χ3n) is 5.37. The molecular weight excluding hydrogens is 356 g/mol. The number of carbonyl (C=O) groups excluding carboxylic acids is 1. The maximum atomic E-state index is 12.7. The molecular formula is C21H28N4O3. The summed E-state index contributed by atoms with van der Waals surface area (Å²) in [6, 6.07) is 7.93. The van der Waals surface area contributed by atoms with Crippen LogP contribution in [0.3, 0.4) is 0 Å². The molecule has 1 atom stereocenters. The molecule has 2 fully saturated rings. The number of hydrogen-bond donors (Lipinski definition) is 1. The van der Waals surface area contributed by atoms with Crippen molar-refractivity contribution >= 4 is 6.03 Å². The van der Waals surface area contributed by atoms with Gasteiger partial charge in [0, 0.05) is 26.1 Å². The van der Waals surface area contributed by atoms with Crippen molar-refractivity contribution in [2.24, 2.45) is 5.92 Å². The van der Waals surface area contributed by atoms with E-state index in [-0.39, 0.29) is 12.1 Å². The summed E-state index contributed by atoms with van der Waals surface area (Å²) in [5.74, 6) is 1.93. The third kappa shape index (κ3) is 4.90. The van der Waals surface area contributed by atoms with E-state index in [0.717, 1.165) is 30.9 Å². The number of carbonyl (C=O) groups is 1. The average molecular weight is 384 g/mol. The zero-order chi connectivity index (χ0) is 19.3. The molecule has 2 aliphatic rings. The summed E-state index contributed by atoms with van der Waals surface area (Å²) >= 11 is 0. The van der Waals surface area contributed by atoms with Crippen molar-refractivity contribution in [1.82, 2.24) is 20.4 Å². The molecule has 0 spiro atoms. The second kappa shape index (κ2) is 8.73. The molecule has 0 radical (unpaired) electrons. The molecule has 150 valence electrons. The van der Waals surface area contributed by atoms with Gasteiger partial charge < -0.3 is 19.5 Å². The first-order valence-electron chi connectivity index (χ1n) is 10.2. The molecule has 1 aromatic carbocycles. The van der Waals surface area contributed by atoms with Crippen LogP contribution in [-0.2, 0) is 17.7 Å². The second-order valence-electron chi connectivity index (χ2n) is 7.81. The molecule has 1 saturated heterocycles. The van der Waals surface area contributed by atoms with Gasteiger partial charge in [-0.05, 0) is 44.1 Å². The van der Waals surface area contributed by atoms with Gasteiger partial charge in [-0.3, -0.25) is 0 Å². The van der Waals surface area contributed by atoms with E-state index in [0.29, 0.717) is 37.8 Å². The van der Waals surface area contributed by atoms with E-state index in [1.54, 1.807) is 4.90 Å². The van der Waals surface area contributed by atoms with Crippen LogP contribution >= 0.6 is 0 Å². The monoisotopic (exact) mass is 384 g/mol. The number of hydrogen-bond acceptors (Lipinski definition) is 5. The number of amides is 2. The number of urea groups is 1. The Morgan fingerprint density at radius 3 is 2.89 bits per heavy atom. The van der Waals surface area contributed by atoms with Crippen LogP contribution in [0.1, 0.15) is 54.6 Å². The number of aryl methyl sites for hydroxylation is 1. The molecule has 28 heavy (non-hydrogen) atoms. The quantitative estimate of drug-likeness (QED) is 0.706. The van der Waals surface area contributed by atoms with Crippen molar-refractivity contribution in [2.45, 2.75) is 51.6 Å². The summed E-state index contributed by atoms with van der Waals surface area (Å²) < 4.78 is 11.1. The summed E-state index contributed by atoms with van der Waals surface area (Å²) in [5.41, 5.74) is 2.29. The summed E-state index contributed by atoms with van der Waals surface area (Å²) in [4.78, 5) is 19.0. The first-order valence-corrected chi connectivity index (χ1v) is 10.2. The van der Waals surface area contributed by atoms with Gasteiger partial charge in [0.15, 0.2) is 5.82 Å². The molecule has 2 aromatic rings. The average Bonchev–Trinajstić information content (AvgIpc) is 3.19. The Morgan fingerprint density at radius 1 is 1.29 bits per heavy atom. The molecule has 1 aliphatic heterocycles. The highest BCUT2D eigenvalue weighted by Gasteiger charge is 2.34. The predicted molar refractivity (Wildman–Crippen MR) is 104 cm³/mol. The van der Waals surface area contributed by atoms with Gasteiger partial charge in [0.25, 0.3) is 0 Å². The van der Waals surface area contributed by atoms with Crippen LogP contribution in [0, 0.1) is 12.8 Å². The SMILES string of the molecule is Cc1ccc(CNC(=O)N2CCCC2c2nc(CCOCC3CC3)no2)cc1. The number of nitrogens with one attached hydrogen (secondary N) is 1. The van der Waals surface area contributed by atoms with Crippen molar-refractivity contribution in [1.29, 1.82) is 0 Å². The van der Waals surface area contributed by atoms with Crippen LogP contribution in [0.25, 0.3) is 0 Å². The predicted octanol–water partition coefficient (Wildman–Crippen LogP) is 3.39. The van der Waals surface area contributed by atoms with Crippen LogP contribution in [0.2, 0.25) is 0 Å². The Hall–Kier alpha value is -2.41. The standard InChI is InChI=1S/C21H28N4O3/c1-15-4-6-16(7-5-15)13-22-21(26)25-11-2-3-18(25)20-23-19(24-28-20)10-12-27-14-17-8-9-17/h4-7,17-18H,2-3,8-14H2,1H3,(H,22,26). The zero-order valence-electron chi connectivity index (χ0n) is 16.4.